The van der Waals surface area contributed by atoms with Crippen LogP contribution in [0.3, 0.4) is 0 Å². The van der Waals surface area contributed by atoms with Crippen molar-refractivity contribution in [2.24, 2.45) is 5.92 Å². The Bertz CT molecular complexity index is 1760. The summed E-state index contributed by atoms with van der Waals surface area (Å²) < 4.78 is 12.7. The quantitative estimate of drug-likeness (QED) is 0.178. The summed E-state index contributed by atoms with van der Waals surface area (Å²) >= 11 is 0. The summed E-state index contributed by atoms with van der Waals surface area (Å²) in [4.78, 5) is 48.0. The average molecular weight is 724 g/mol. The molecule has 3 aliphatic heterocycles. The van der Waals surface area contributed by atoms with E-state index >= 15 is 0 Å². The normalized spacial score (nSPS) is 23.4. The number of carbonyl (C=O) groups is 3. The van der Waals surface area contributed by atoms with Gasteiger partial charge in [-0.15, -0.1) is 6.58 Å². The molecule has 0 radical (unpaired) electrons. The van der Waals surface area contributed by atoms with Gasteiger partial charge in [-0.05, 0) is 54.3 Å². The largest absolute Gasteiger partial charge is 0.497 e. The van der Waals surface area contributed by atoms with E-state index in [2.05, 4.69) is 38.7 Å². The van der Waals surface area contributed by atoms with E-state index in [-0.39, 0.29) is 48.8 Å². The lowest BCUT2D eigenvalue weighted by molar-refractivity contribution is -0.149. The fourth-order valence-corrected chi connectivity index (χ4v) is 12.9. The van der Waals surface area contributed by atoms with Crippen molar-refractivity contribution in [3.63, 3.8) is 0 Å². The lowest BCUT2D eigenvalue weighted by Crippen LogP contribution is -2.52. The number of rotatable bonds is 12. The number of fused-ring (bicyclic) bond motifs is 2. The van der Waals surface area contributed by atoms with Crippen LogP contribution in [0.25, 0.3) is 0 Å². The minimum atomic E-state index is -2.51. The van der Waals surface area contributed by atoms with Crippen LogP contribution in [-0.4, -0.2) is 75.3 Å². The van der Waals surface area contributed by atoms with E-state index in [1.165, 1.54) is 5.19 Å². The van der Waals surface area contributed by atoms with Crippen LogP contribution in [0.5, 0.6) is 5.75 Å². The maximum atomic E-state index is 15.0. The number of amides is 3. The predicted molar refractivity (Wildman–Crippen MR) is 208 cm³/mol. The molecule has 10 heteroatoms. The van der Waals surface area contributed by atoms with Crippen molar-refractivity contribution in [3.05, 3.63) is 96.6 Å². The molecule has 0 bridgehead atoms. The zero-order valence-corrected chi connectivity index (χ0v) is 32.1. The van der Waals surface area contributed by atoms with Crippen LogP contribution < -0.4 is 19.7 Å². The Morgan fingerprint density at radius 3 is 2.48 bits per heavy atom. The monoisotopic (exact) mass is 723 g/mol. The Kier molecular flexibility index (Phi) is 11.4. The summed E-state index contributed by atoms with van der Waals surface area (Å²) in [5, 5.41) is 11.2. The number of aliphatic hydroxyl groups excluding tert-OH is 1. The van der Waals surface area contributed by atoms with Gasteiger partial charge in [-0.1, -0.05) is 86.6 Å². The minimum absolute atomic E-state index is 0.0601. The molecule has 2 fully saturated rings. The number of hydrogen-bond donors (Lipinski definition) is 1. The number of hydrogen-bond acceptors (Lipinski definition) is 6. The molecule has 1 spiro atoms. The maximum absolute atomic E-state index is 15.0. The second-order valence-corrected chi connectivity index (χ2v) is 19.7. The number of aliphatic hydroxyl groups is 1. The van der Waals surface area contributed by atoms with Crippen LogP contribution in [0.2, 0.25) is 18.6 Å². The van der Waals surface area contributed by atoms with Gasteiger partial charge in [0.25, 0.3) is 5.91 Å². The summed E-state index contributed by atoms with van der Waals surface area (Å²) in [6.45, 7) is 12.0. The number of benzene rings is 3. The van der Waals surface area contributed by atoms with Crippen molar-refractivity contribution in [1.29, 1.82) is 0 Å². The first-order valence-electron chi connectivity index (χ1n) is 18.7. The lowest BCUT2D eigenvalue weighted by atomic mass is 9.82. The Morgan fingerprint density at radius 1 is 1.06 bits per heavy atom. The van der Waals surface area contributed by atoms with Crippen molar-refractivity contribution in [2.75, 3.05) is 43.2 Å². The summed E-state index contributed by atoms with van der Waals surface area (Å²) in [5.74, 6) is 0.249. The molecule has 4 atom stereocenters. The molecule has 9 nitrogen and oxygen atoms in total. The Morgan fingerprint density at radius 2 is 1.79 bits per heavy atom. The molecular weight excluding hydrogens is 671 g/mol. The molecule has 3 aromatic carbocycles. The standard InChI is InChI=1S/C42H53N3O6Si/c1-6-23-45-36-22-17-32(44-24-13-8-7-12-16-38(44)47)27-35(36)42(41(45)49)30(2)40(52(4,5)34-20-18-33(50-3)19-21-34)37(51-42)28-39(48)43(25-26-46)29-31-14-10-9-11-15-31/h6,9-11,14-15,17-22,27,30,37,40,46H,1,7-8,12-13,16,23-26,28-29H2,2-5H3/t30-,37+,40-,42+/m1/s1. The smallest absolute Gasteiger partial charge is 0.264 e. The second-order valence-electron chi connectivity index (χ2n) is 15.0. The highest BCUT2D eigenvalue weighted by atomic mass is 28.3. The van der Waals surface area contributed by atoms with Crippen LogP contribution in [-0.2, 0) is 31.3 Å². The van der Waals surface area contributed by atoms with Crippen molar-refractivity contribution < 1.29 is 29.0 Å². The van der Waals surface area contributed by atoms with Gasteiger partial charge < -0.3 is 29.3 Å². The summed E-state index contributed by atoms with van der Waals surface area (Å²) in [6.07, 6.45) is 5.61. The molecule has 1 N–H and O–H groups in total. The lowest BCUT2D eigenvalue weighted by Gasteiger charge is -2.37. The molecule has 0 aromatic heterocycles. The molecule has 0 unspecified atom stereocenters. The van der Waals surface area contributed by atoms with Gasteiger partial charge in [0.15, 0.2) is 5.60 Å². The first-order chi connectivity index (χ1) is 25.1. The van der Waals surface area contributed by atoms with Gasteiger partial charge in [-0.2, -0.15) is 0 Å². The number of methoxy groups -OCH3 is 1. The van der Waals surface area contributed by atoms with Gasteiger partial charge in [0, 0.05) is 49.8 Å². The van der Waals surface area contributed by atoms with E-state index in [1.54, 1.807) is 23.0 Å². The van der Waals surface area contributed by atoms with Crippen LogP contribution in [0.1, 0.15) is 56.6 Å². The highest BCUT2D eigenvalue weighted by molar-refractivity contribution is 6.91. The first kappa shape index (κ1) is 37.5. The van der Waals surface area contributed by atoms with E-state index in [9.17, 15) is 19.5 Å². The van der Waals surface area contributed by atoms with E-state index in [0.29, 0.717) is 26.1 Å². The zero-order valence-electron chi connectivity index (χ0n) is 31.1. The fourth-order valence-electron chi connectivity index (χ4n) is 8.93. The molecule has 3 aromatic rings. The molecule has 0 aliphatic carbocycles. The van der Waals surface area contributed by atoms with Crippen molar-refractivity contribution in [1.82, 2.24) is 4.90 Å². The number of ether oxygens (including phenoxy) is 2. The molecule has 3 aliphatic rings. The third kappa shape index (κ3) is 6.96. The maximum Gasteiger partial charge on any atom is 0.264 e. The Hall–Kier alpha value is -4.25. The van der Waals surface area contributed by atoms with E-state index in [4.69, 9.17) is 9.47 Å². The zero-order chi connectivity index (χ0) is 37.0. The first-order valence-corrected chi connectivity index (χ1v) is 21.8. The third-order valence-electron chi connectivity index (χ3n) is 11.6. The van der Waals surface area contributed by atoms with Crippen molar-refractivity contribution >= 4 is 42.4 Å². The highest BCUT2D eigenvalue weighted by Gasteiger charge is 2.66. The summed E-state index contributed by atoms with van der Waals surface area (Å²) in [5.41, 5.74) is 1.72. The van der Waals surface area contributed by atoms with Crippen molar-refractivity contribution in [2.45, 2.75) is 82.3 Å². The molecule has 3 amide bonds. The highest BCUT2D eigenvalue weighted by Crippen LogP contribution is 2.60. The average Bonchev–Trinajstić information content (AvgIpc) is 3.56. The summed E-state index contributed by atoms with van der Waals surface area (Å²) in [7, 11) is -0.863. The Labute approximate surface area is 309 Å². The molecule has 3 heterocycles. The van der Waals surface area contributed by atoms with Gasteiger partial charge in [-0.3, -0.25) is 14.4 Å². The van der Waals surface area contributed by atoms with E-state index in [0.717, 1.165) is 53.9 Å². The molecule has 0 saturated carbocycles. The topological polar surface area (TPSA) is 99.6 Å². The van der Waals surface area contributed by atoms with Crippen molar-refractivity contribution in [3.8, 4) is 5.75 Å². The van der Waals surface area contributed by atoms with Gasteiger partial charge >= 0.3 is 0 Å². The predicted octanol–water partition coefficient (Wildman–Crippen LogP) is 6.15. The van der Waals surface area contributed by atoms with Crippen LogP contribution in [0.4, 0.5) is 11.4 Å². The number of nitrogens with zero attached hydrogens (tertiary/aromatic N) is 3. The Balaban J connectivity index is 1.45. The van der Waals surface area contributed by atoms with Gasteiger partial charge in [0.2, 0.25) is 11.8 Å². The molecule has 276 valence electrons. The number of anilines is 2. The van der Waals surface area contributed by atoms with Gasteiger partial charge in [0.05, 0.1) is 40.0 Å². The van der Waals surface area contributed by atoms with Gasteiger partial charge in [0.1, 0.15) is 5.75 Å². The van der Waals surface area contributed by atoms with Crippen LogP contribution in [0.15, 0.2) is 85.5 Å². The van der Waals surface area contributed by atoms with Crippen LogP contribution >= 0.6 is 0 Å². The van der Waals surface area contributed by atoms with Gasteiger partial charge in [-0.25, -0.2) is 0 Å². The molecule has 2 saturated heterocycles. The molecular formula is C42H53N3O6Si. The van der Waals surface area contributed by atoms with E-state index in [1.807, 2.05) is 65.6 Å². The summed E-state index contributed by atoms with van der Waals surface area (Å²) in [6, 6.07) is 23.8. The van der Waals surface area contributed by atoms with Crippen LogP contribution in [0, 0.1) is 5.92 Å². The SMILES string of the molecule is C=CCN1C(=O)[C@@]2(O[C@@H](CC(=O)N(CCO)Cc3ccccc3)[C@H]([Si](C)(C)c3ccc(OC)cc3)[C@H]2C)c2cc(N3CCCCCCC3=O)ccc21. The fraction of sp³-hybridized carbons (Fsp3) is 0.452. The molecule has 6 rings (SSSR count). The second kappa shape index (κ2) is 15.8. The minimum Gasteiger partial charge on any atom is -0.497 e. The number of carbonyl (C=O) groups excluding carboxylic acids is 3. The van der Waals surface area contributed by atoms with E-state index < -0.39 is 19.8 Å². The molecule has 52 heavy (non-hydrogen) atoms. The third-order valence-corrected chi connectivity index (χ3v) is 15.9.